The highest BCUT2D eigenvalue weighted by atomic mass is 16.4. The van der Waals surface area contributed by atoms with Gasteiger partial charge in [-0.1, -0.05) is 0 Å². The maximum absolute atomic E-state index is 11.6. The molecule has 0 bridgehead atoms. The highest BCUT2D eigenvalue weighted by Crippen LogP contribution is 2.25. The van der Waals surface area contributed by atoms with E-state index in [1.165, 1.54) is 0 Å². The van der Waals surface area contributed by atoms with Crippen LogP contribution in [0.25, 0.3) is 0 Å². The minimum atomic E-state index is -0.788. The van der Waals surface area contributed by atoms with Crippen molar-refractivity contribution < 1.29 is 14.7 Å². The molecule has 2 rings (SSSR count). The van der Waals surface area contributed by atoms with Gasteiger partial charge in [0.25, 0.3) is 0 Å². The van der Waals surface area contributed by atoms with Crippen LogP contribution in [0.15, 0.2) is 12.3 Å². The number of hydrogen-bond donors (Lipinski definition) is 3. The Hall–Kier alpha value is -2.05. The van der Waals surface area contributed by atoms with E-state index in [1.807, 2.05) is 0 Å². The van der Waals surface area contributed by atoms with E-state index < -0.39 is 5.97 Å². The number of rotatable bonds is 3. The van der Waals surface area contributed by atoms with Crippen LogP contribution in [-0.4, -0.2) is 32.9 Å². The quantitative estimate of drug-likeness (QED) is 0.741. The second kappa shape index (κ2) is 5.07. The second-order valence-electron chi connectivity index (χ2n) is 4.52. The van der Waals surface area contributed by atoms with Crippen molar-refractivity contribution in [2.75, 3.05) is 5.32 Å². The average molecular weight is 252 g/mol. The summed E-state index contributed by atoms with van der Waals surface area (Å²) < 4.78 is 1.59. The predicted molar refractivity (Wildman–Crippen MR) is 64.1 cm³/mol. The van der Waals surface area contributed by atoms with Gasteiger partial charge >= 0.3 is 12.0 Å². The summed E-state index contributed by atoms with van der Waals surface area (Å²) in [6.07, 6.45) is 3.53. The molecule has 1 saturated carbocycles. The van der Waals surface area contributed by atoms with Crippen LogP contribution in [0.2, 0.25) is 0 Å². The van der Waals surface area contributed by atoms with Gasteiger partial charge < -0.3 is 10.4 Å². The maximum atomic E-state index is 11.6. The Morgan fingerprint density at radius 2 is 2.28 bits per heavy atom. The van der Waals surface area contributed by atoms with Crippen LogP contribution in [-0.2, 0) is 11.8 Å². The highest BCUT2D eigenvalue weighted by molar-refractivity contribution is 5.88. The van der Waals surface area contributed by atoms with Crippen LogP contribution in [0.1, 0.15) is 19.3 Å². The molecule has 0 aliphatic heterocycles. The molecule has 18 heavy (non-hydrogen) atoms. The van der Waals surface area contributed by atoms with Gasteiger partial charge in [-0.25, -0.2) is 4.79 Å². The van der Waals surface area contributed by atoms with Crippen molar-refractivity contribution in [1.29, 1.82) is 0 Å². The SMILES string of the molecule is Cn1ccc(NC(=O)NC2CCC(C(=O)O)C2)n1. The summed E-state index contributed by atoms with van der Waals surface area (Å²) in [6.45, 7) is 0. The molecular formula is C11H16N4O3. The molecule has 0 aromatic carbocycles. The van der Waals surface area contributed by atoms with E-state index in [0.717, 1.165) is 0 Å². The number of anilines is 1. The fraction of sp³-hybridized carbons (Fsp3) is 0.545. The van der Waals surface area contributed by atoms with Gasteiger partial charge in [-0.05, 0) is 19.3 Å². The first-order chi connectivity index (χ1) is 8.54. The molecule has 98 valence electrons. The molecule has 1 aliphatic rings. The standard InChI is InChI=1S/C11H16N4O3/c1-15-5-4-9(14-15)13-11(18)12-8-3-2-7(6-8)10(16)17/h4-5,7-8H,2-3,6H2,1H3,(H,16,17)(H2,12,13,14,18). The molecule has 0 spiro atoms. The van der Waals surface area contributed by atoms with E-state index in [9.17, 15) is 9.59 Å². The Kier molecular flexibility index (Phi) is 3.50. The Morgan fingerprint density at radius 1 is 1.50 bits per heavy atom. The van der Waals surface area contributed by atoms with Gasteiger partial charge in [0.05, 0.1) is 5.92 Å². The molecule has 7 heteroatoms. The zero-order chi connectivity index (χ0) is 13.1. The lowest BCUT2D eigenvalue weighted by molar-refractivity contribution is -0.141. The first kappa shape index (κ1) is 12.4. The number of carboxylic acids is 1. The summed E-state index contributed by atoms with van der Waals surface area (Å²) in [5.41, 5.74) is 0. The summed E-state index contributed by atoms with van der Waals surface area (Å²) >= 11 is 0. The van der Waals surface area contributed by atoms with Crippen LogP contribution in [0.3, 0.4) is 0 Å². The molecule has 1 aromatic rings. The number of carboxylic acid groups (broad SMARTS) is 1. The van der Waals surface area contributed by atoms with E-state index in [4.69, 9.17) is 5.11 Å². The molecule has 0 radical (unpaired) electrons. The molecule has 1 fully saturated rings. The average Bonchev–Trinajstić information content (AvgIpc) is 2.88. The van der Waals surface area contributed by atoms with Crippen LogP contribution >= 0.6 is 0 Å². The first-order valence-corrected chi connectivity index (χ1v) is 5.84. The van der Waals surface area contributed by atoms with Gasteiger partial charge in [0.2, 0.25) is 0 Å². The maximum Gasteiger partial charge on any atom is 0.320 e. The zero-order valence-corrected chi connectivity index (χ0v) is 10.1. The summed E-state index contributed by atoms with van der Waals surface area (Å²) in [7, 11) is 1.76. The zero-order valence-electron chi connectivity index (χ0n) is 10.1. The third-order valence-corrected chi connectivity index (χ3v) is 3.07. The topological polar surface area (TPSA) is 96.2 Å². The number of aromatic nitrogens is 2. The summed E-state index contributed by atoms with van der Waals surface area (Å²) in [6, 6.07) is 1.27. The Balaban J connectivity index is 1.80. The van der Waals surface area contributed by atoms with Crippen molar-refractivity contribution in [3.63, 3.8) is 0 Å². The van der Waals surface area contributed by atoms with Gasteiger partial charge in [0.1, 0.15) is 0 Å². The number of aryl methyl sites for hydroxylation is 1. The third-order valence-electron chi connectivity index (χ3n) is 3.07. The number of carbonyl (C=O) groups excluding carboxylic acids is 1. The normalized spacial score (nSPS) is 22.7. The van der Waals surface area contributed by atoms with E-state index in [2.05, 4.69) is 15.7 Å². The van der Waals surface area contributed by atoms with E-state index in [-0.39, 0.29) is 18.0 Å². The monoisotopic (exact) mass is 252 g/mol. The van der Waals surface area contributed by atoms with E-state index in [0.29, 0.717) is 25.1 Å². The van der Waals surface area contributed by atoms with Gasteiger partial charge in [-0.15, -0.1) is 0 Å². The summed E-state index contributed by atoms with van der Waals surface area (Å²) in [4.78, 5) is 22.4. The molecule has 1 aromatic heterocycles. The molecule has 7 nitrogen and oxygen atoms in total. The Labute approximate surface area is 104 Å². The number of carbonyl (C=O) groups is 2. The van der Waals surface area contributed by atoms with Crippen molar-refractivity contribution in [1.82, 2.24) is 15.1 Å². The number of urea groups is 1. The molecular weight excluding hydrogens is 236 g/mol. The second-order valence-corrected chi connectivity index (χ2v) is 4.52. The molecule has 0 saturated heterocycles. The molecule has 2 unspecified atom stereocenters. The third kappa shape index (κ3) is 2.99. The van der Waals surface area contributed by atoms with E-state index in [1.54, 1.807) is 24.0 Å². The number of nitrogens with zero attached hydrogens (tertiary/aromatic N) is 2. The minimum absolute atomic E-state index is 0.0742. The molecule has 1 heterocycles. The molecule has 3 N–H and O–H groups in total. The summed E-state index contributed by atoms with van der Waals surface area (Å²) in [5, 5.41) is 18.2. The number of nitrogens with one attached hydrogen (secondary N) is 2. The van der Waals surface area contributed by atoms with Crippen molar-refractivity contribution in [3.8, 4) is 0 Å². The molecule has 2 amide bonds. The van der Waals surface area contributed by atoms with Crippen LogP contribution in [0.4, 0.5) is 10.6 Å². The van der Waals surface area contributed by atoms with Crippen molar-refractivity contribution in [2.45, 2.75) is 25.3 Å². The lowest BCUT2D eigenvalue weighted by Gasteiger charge is -2.12. The van der Waals surface area contributed by atoms with Crippen molar-refractivity contribution >= 4 is 17.8 Å². The fourth-order valence-electron chi connectivity index (χ4n) is 2.16. The van der Waals surface area contributed by atoms with Crippen LogP contribution < -0.4 is 10.6 Å². The number of amides is 2. The van der Waals surface area contributed by atoms with Crippen LogP contribution in [0.5, 0.6) is 0 Å². The van der Waals surface area contributed by atoms with Gasteiger partial charge in [-0.2, -0.15) is 5.10 Å². The van der Waals surface area contributed by atoms with E-state index >= 15 is 0 Å². The highest BCUT2D eigenvalue weighted by Gasteiger charge is 2.30. The Morgan fingerprint density at radius 3 is 2.83 bits per heavy atom. The summed E-state index contributed by atoms with van der Waals surface area (Å²) in [5.74, 6) is -0.655. The van der Waals surface area contributed by atoms with Crippen LogP contribution in [0, 0.1) is 5.92 Å². The largest absolute Gasteiger partial charge is 0.481 e. The predicted octanol–water partition coefficient (Wildman–Crippen LogP) is 0.795. The molecule has 1 aliphatic carbocycles. The lowest BCUT2D eigenvalue weighted by atomic mass is 10.1. The van der Waals surface area contributed by atoms with Gasteiger partial charge in [0.15, 0.2) is 5.82 Å². The Bertz CT molecular complexity index is 457. The molecule has 2 atom stereocenters. The van der Waals surface area contributed by atoms with Crippen molar-refractivity contribution in [3.05, 3.63) is 12.3 Å². The fourth-order valence-corrected chi connectivity index (χ4v) is 2.16. The first-order valence-electron chi connectivity index (χ1n) is 5.84. The lowest BCUT2D eigenvalue weighted by Crippen LogP contribution is -2.36. The van der Waals surface area contributed by atoms with Gasteiger partial charge in [0, 0.05) is 25.4 Å². The smallest absolute Gasteiger partial charge is 0.320 e. The van der Waals surface area contributed by atoms with Crippen molar-refractivity contribution in [2.24, 2.45) is 13.0 Å². The number of aliphatic carboxylic acids is 1. The minimum Gasteiger partial charge on any atom is -0.481 e. The number of hydrogen-bond acceptors (Lipinski definition) is 3. The van der Waals surface area contributed by atoms with Gasteiger partial charge in [-0.3, -0.25) is 14.8 Å².